The molecule has 0 bridgehead atoms. The van der Waals surface area contributed by atoms with E-state index in [1.807, 2.05) is 6.92 Å². The summed E-state index contributed by atoms with van der Waals surface area (Å²) < 4.78 is 5.13. The van der Waals surface area contributed by atoms with Crippen LogP contribution in [0.1, 0.15) is 41.4 Å². The van der Waals surface area contributed by atoms with Crippen molar-refractivity contribution in [3.05, 3.63) is 45.6 Å². The molecule has 0 aliphatic heterocycles. The van der Waals surface area contributed by atoms with Crippen molar-refractivity contribution in [1.82, 2.24) is 4.98 Å². The van der Waals surface area contributed by atoms with Crippen LogP contribution in [0.4, 0.5) is 0 Å². The second kappa shape index (κ2) is 8.59. The van der Waals surface area contributed by atoms with Gasteiger partial charge in [0, 0.05) is 12.0 Å². The summed E-state index contributed by atoms with van der Waals surface area (Å²) in [4.78, 5) is 28.1. The van der Waals surface area contributed by atoms with E-state index in [0.717, 1.165) is 11.1 Å². The van der Waals surface area contributed by atoms with E-state index in [4.69, 9.17) is 10.00 Å². The molecule has 1 heterocycles. The van der Waals surface area contributed by atoms with E-state index in [0.29, 0.717) is 15.7 Å². The minimum Gasteiger partial charge on any atom is -0.504 e. The van der Waals surface area contributed by atoms with Crippen LogP contribution in [0.2, 0.25) is 0 Å². The first-order valence-electron chi connectivity index (χ1n) is 7.96. The molecule has 7 heteroatoms. The summed E-state index contributed by atoms with van der Waals surface area (Å²) in [5, 5.41) is 19.1. The van der Waals surface area contributed by atoms with Crippen molar-refractivity contribution < 1.29 is 19.4 Å². The molecule has 2 aromatic rings. The normalized spacial score (nSPS) is 10.2. The van der Waals surface area contributed by atoms with Crippen LogP contribution in [0.25, 0.3) is 11.3 Å². The fraction of sp³-hybridized carbons (Fsp3) is 0.263. The first kappa shape index (κ1) is 19.6. The number of benzene rings is 1. The summed E-state index contributed by atoms with van der Waals surface area (Å²) in [5.74, 6) is -1.20. The Hall–Kier alpha value is -2.72. The number of ether oxygens (including phenoxy) is 1. The summed E-state index contributed by atoms with van der Waals surface area (Å²) in [6.07, 6.45) is -0.187. The van der Waals surface area contributed by atoms with Gasteiger partial charge in [-0.1, -0.05) is 6.07 Å². The number of aromatic nitrogens is 1. The molecular weight excluding hydrogens is 400 g/mol. The lowest BCUT2D eigenvalue weighted by molar-refractivity contribution is -0.143. The van der Waals surface area contributed by atoms with Crippen molar-refractivity contribution in [2.45, 2.75) is 26.7 Å². The molecule has 0 aliphatic carbocycles. The van der Waals surface area contributed by atoms with Crippen LogP contribution in [0.5, 0.6) is 5.75 Å². The number of ketones is 1. The van der Waals surface area contributed by atoms with E-state index >= 15 is 0 Å². The average molecular weight is 417 g/mol. The van der Waals surface area contributed by atoms with Gasteiger partial charge in [0.15, 0.2) is 11.5 Å². The van der Waals surface area contributed by atoms with Crippen LogP contribution in [-0.2, 0) is 9.53 Å². The van der Waals surface area contributed by atoms with Crippen molar-refractivity contribution in [3.63, 3.8) is 0 Å². The zero-order valence-corrected chi connectivity index (χ0v) is 16.0. The molecule has 0 fully saturated rings. The Morgan fingerprint density at radius 3 is 2.65 bits per heavy atom. The van der Waals surface area contributed by atoms with Gasteiger partial charge in [0.2, 0.25) is 0 Å². The minimum atomic E-state index is -0.474. The molecule has 0 atom stereocenters. The smallest absolute Gasteiger partial charge is 0.306 e. The van der Waals surface area contributed by atoms with Crippen LogP contribution in [0.15, 0.2) is 28.7 Å². The number of esters is 1. The van der Waals surface area contributed by atoms with Crippen molar-refractivity contribution in [3.8, 4) is 23.1 Å². The fourth-order valence-corrected chi connectivity index (χ4v) is 2.83. The van der Waals surface area contributed by atoms with Gasteiger partial charge in [0.25, 0.3) is 0 Å². The van der Waals surface area contributed by atoms with E-state index in [-0.39, 0.29) is 30.9 Å². The molecule has 1 N–H and O–H groups in total. The molecular formula is C19H17BrN2O4. The molecule has 6 nitrogen and oxygen atoms in total. The topological polar surface area (TPSA) is 100 Å². The standard InChI is InChI=1S/C19H17BrN2O4/c1-3-26-17(24)7-6-16(23)18-19(25)14(20)9-15(22-18)13-5-4-12(10-21)8-11(13)2/h4-5,8-9,25H,3,6-7H2,1-2H3. The number of carbonyl (C=O) groups is 2. The monoisotopic (exact) mass is 416 g/mol. The molecule has 1 aromatic heterocycles. The Kier molecular flexibility index (Phi) is 6.47. The molecule has 0 saturated heterocycles. The highest BCUT2D eigenvalue weighted by Crippen LogP contribution is 2.33. The van der Waals surface area contributed by atoms with E-state index in [2.05, 4.69) is 27.0 Å². The number of hydrogen-bond donors (Lipinski definition) is 1. The maximum atomic E-state index is 12.4. The van der Waals surface area contributed by atoms with Gasteiger partial charge >= 0.3 is 5.97 Å². The Morgan fingerprint density at radius 2 is 2.04 bits per heavy atom. The highest BCUT2D eigenvalue weighted by atomic mass is 79.9. The van der Waals surface area contributed by atoms with Crippen LogP contribution >= 0.6 is 15.9 Å². The van der Waals surface area contributed by atoms with Gasteiger partial charge in [-0.3, -0.25) is 9.59 Å². The lowest BCUT2D eigenvalue weighted by Crippen LogP contribution is -2.10. The first-order valence-corrected chi connectivity index (χ1v) is 8.76. The average Bonchev–Trinajstić information content (AvgIpc) is 2.62. The van der Waals surface area contributed by atoms with E-state index < -0.39 is 11.8 Å². The van der Waals surface area contributed by atoms with Gasteiger partial charge in [0.05, 0.1) is 34.8 Å². The highest BCUT2D eigenvalue weighted by molar-refractivity contribution is 9.10. The molecule has 26 heavy (non-hydrogen) atoms. The molecule has 2 rings (SSSR count). The van der Waals surface area contributed by atoms with Crippen molar-refractivity contribution in [2.75, 3.05) is 6.61 Å². The van der Waals surface area contributed by atoms with Gasteiger partial charge in [-0.15, -0.1) is 0 Å². The third-order valence-corrected chi connectivity index (χ3v) is 4.31. The number of halogens is 1. The summed E-state index contributed by atoms with van der Waals surface area (Å²) >= 11 is 3.23. The molecule has 0 spiro atoms. The summed E-state index contributed by atoms with van der Waals surface area (Å²) in [5.41, 5.74) is 2.46. The maximum Gasteiger partial charge on any atom is 0.306 e. The lowest BCUT2D eigenvalue weighted by atomic mass is 10.0. The zero-order chi connectivity index (χ0) is 19.3. The van der Waals surface area contributed by atoms with E-state index in [1.165, 1.54) is 0 Å². The number of hydrogen-bond acceptors (Lipinski definition) is 6. The maximum absolute atomic E-state index is 12.4. The molecule has 1 aromatic carbocycles. The fourth-order valence-electron chi connectivity index (χ4n) is 2.43. The number of aryl methyl sites for hydroxylation is 1. The number of rotatable bonds is 6. The summed E-state index contributed by atoms with van der Waals surface area (Å²) in [6, 6.07) is 8.79. The third kappa shape index (κ3) is 4.46. The largest absolute Gasteiger partial charge is 0.504 e. The predicted octanol–water partition coefficient (Wildman–Crippen LogP) is 3.92. The van der Waals surface area contributed by atoms with Crippen LogP contribution in [0, 0.1) is 18.3 Å². The Morgan fingerprint density at radius 1 is 1.31 bits per heavy atom. The quantitative estimate of drug-likeness (QED) is 0.565. The number of pyridine rings is 1. The second-order valence-electron chi connectivity index (χ2n) is 5.56. The third-order valence-electron chi connectivity index (χ3n) is 3.70. The van der Waals surface area contributed by atoms with Crippen molar-refractivity contribution in [2.24, 2.45) is 0 Å². The number of nitrogens with zero attached hydrogens (tertiary/aromatic N) is 2. The number of Topliss-reactive ketones (excluding diaryl/α,β-unsaturated/α-hetero) is 1. The number of aromatic hydroxyl groups is 1. The van der Waals surface area contributed by atoms with Gasteiger partial charge in [-0.2, -0.15) is 5.26 Å². The molecule has 0 amide bonds. The van der Waals surface area contributed by atoms with Crippen LogP contribution in [0.3, 0.4) is 0 Å². The number of nitriles is 1. The van der Waals surface area contributed by atoms with Gasteiger partial charge in [0.1, 0.15) is 5.69 Å². The van der Waals surface area contributed by atoms with Crippen LogP contribution < -0.4 is 0 Å². The summed E-state index contributed by atoms with van der Waals surface area (Å²) in [7, 11) is 0. The minimum absolute atomic E-state index is 0.0778. The molecule has 0 unspecified atom stereocenters. The molecule has 0 aliphatic rings. The Bertz CT molecular complexity index is 903. The first-order chi connectivity index (χ1) is 12.4. The Labute approximate surface area is 159 Å². The SMILES string of the molecule is CCOC(=O)CCC(=O)c1nc(-c2ccc(C#N)cc2C)cc(Br)c1O. The zero-order valence-electron chi connectivity index (χ0n) is 14.4. The highest BCUT2D eigenvalue weighted by Gasteiger charge is 2.20. The van der Waals surface area contributed by atoms with Crippen molar-refractivity contribution >= 4 is 27.7 Å². The molecule has 134 valence electrons. The molecule has 0 radical (unpaired) electrons. The van der Waals surface area contributed by atoms with Gasteiger partial charge in [-0.05, 0) is 53.5 Å². The predicted molar refractivity (Wildman–Crippen MR) is 98.7 cm³/mol. The lowest BCUT2D eigenvalue weighted by Gasteiger charge is -2.11. The van der Waals surface area contributed by atoms with Gasteiger partial charge < -0.3 is 9.84 Å². The Balaban J connectivity index is 2.36. The van der Waals surface area contributed by atoms with Crippen LogP contribution in [-0.4, -0.2) is 28.4 Å². The van der Waals surface area contributed by atoms with E-state index in [9.17, 15) is 14.7 Å². The van der Waals surface area contributed by atoms with Gasteiger partial charge in [-0.25, -0.2) is 4.98 Å². The number of carbonyl (C=O) groups excluding carboxylic acids is 2. The van der Waals surface area contributed by atoms with E-state index in [1.54, 1.807) is 31.2 Å². The second-order valence-corrected chi connectivity index (χ2v) is 6.41. The molecule has 0 saturated carbocycles. The van der Waals surface area contributed by atoms with Crippen molar-refractivity contribution in [1.29, 1.82) is 5.26 Å². The summed E-state index contributed by atoms with van der Waals surface area (Å²) in [6.45, 7) is 3.77.